The topological polar surface area (TPSA) is 52.8 Å². The van der Waals surface area contributed by atoms with Crippen LogP contribution in [0.2, 0.25) is 0 Å². The Morgan fingerprint density at radius 3 is 2.76 bits per heavy atom. The molecule has 3 aromatic rings. The third kappa shape index (κ3) is 3.75. The Labute approximate surface area is 151 Å². The molecule has 0 amide bonds. The first-order valence-corrected chi connectivity index (χ1v) is 9.56. The molecule has 1 aliphatic heterocycles. The highest BCUT2D eigenvalue weighted by Crippen LogP contribution is 2.29. The average Bonchev–Trinajstić information content (AvgIpc) is 3.12. The zero-order valence-electron chi connectivity index (χ0n) is 13.9. The summed E-state index contributed by atoms with van der Waals surface area (Å²) in [6, 6.07) is 14.1. The quantitative estimate of drug-likeness (QED) is 0.650. The van der Waals surface area contributed by atoms with Crippen LogP contribution in [0.1, 0.15) is 19.3 Å². The van der Waals surface area contributed by atoms with Crippen LogP contribution in [0.5, 0.6) is 0 Å². The maximum absolute atomic E-state index is 5.85. The number of pyridine rings is 1. The van der Waals surface area contributed by atoms with Crippen molar-refractivity contribution < 1.29 is 4.74 Å². The molecule has 0 saturated carbocycles. The standard InChI is InChI=1S/C19H20N4OS/c1-2-8-16(9-3-1)23-18(15-7-6-11-20-13-15)21-22-19(23)25-14-17-10-4-5-12-24-17/h1-3,6-9,11,13,17H,4-5,10,12,14H2/t17-/m0/s1. The van der Waals surface area contributed by atoms with Crippen molar-refractivity contribution >= 4 is 11.8 Å². The van der Waals surface area contributed by atoms with Gasteiger partial charge in [0, 0.05) is 36.0 Å². The van der Waals surface area contributed by atoms with Gasteiger partial charge < -0.3 is 4.74 Å². The van der Waals surface area contributed by atoms with Gasteiger partial charge in [0.1, 0.15) is 0 Å². The molecule has 0 radical (unpaired) electrons. The molecule has 2 aromatic heterocycles. The van der Waals surface area contributed by atoms with E-state index in [1.165, 1.54) is 12.8 Å². The fourth-order valence-corrected chi connectivity index (χ4v) is 3.98. The van der Waals surface area contributed by atoms with E-state index < -0.39 is 0 Å². The molecule has 1 saturated heterocycles. The molecular formula is C19H20N4OS. The minimum atomic E-state index is 0.307. The van der Waals surface area contributed by atoms with E-state index in [1.54, 1.807) is 18.0 Å². The Balaban J connectivity index is 1.65. The maximum atomic E-state index is 5.85. The number of benzene rings is 1. The van der Waals surface area contributed by atoms with Gasteiger partial charge >= 0.3 is 0 Å². The summed E-state index contributed by atoms with van der Waals surface area (Å²) in [5.74, 6) is 1.71. The van der Waals surface area contributed by atoms with Crippen LogP contribution in [0.15, 0.2) is 60.0 Å². The third-order valence-electron chi connectivity index (χ3n) is 4.24. The lowest BCUT2D eigenvalue weighted by atomic mass is 10.1. The minimum Gasteiger partial charge on any atom is -0.377 e. The van der Waals surface area contributed by atoms with E-state index in [1.807, 2.05) is 36.5 Å². The van der Waals surface area contributed by atoms with Gasteiger partial charge in [0.2, 0.25) is 0 Å². The van der Waals surface area contributed by atoms with Crippen LogP contribution in [-0.4, -0.2) is 38.2 Å². The van der Waals surface area contributed by atoms with Crippen molar-refractivity contribution in [3.8, 4) is 17.1 Å². The fourth-order valence-electron chi connectivity index (χ4n) is 2.96. The highest BCUT2D eigenvalue weighted by molar-refractivity contribution is 7.99. The van der Waals surface area contributed by atoms with Crippen LogP contribution >= 0.6 is 11.8 Å². The molecule has 0 unspecified atom stereocenters. The van der Waals surface area contributed by atoms with E-state index in [0.717, 1.165) is 41.0 Å². The van der Waals surface area contributed by atoms with E-state index in [0.29, 0.717) is 6.10 Å². The first kappa shape index (κ1) is 16.3. The fraction of sp³-hybridized carbons (Fsp3) is 0.316. The van der Waals surface area contributed by atoms with Crippen molar-refractivity contribution in [2.24, 2.45) is 0 Å². The Hall–Kier alpha value is -2.18. The van der Waals surface area contributed by atoms with Gasteiger partial charge in [-0.3, -0.25) is 9.55 Å². The summed E-state index contributed by atoms with van der Waals surface area (Å²) < 4.78 is 7.95. The molecule has 1 aromatic carbocycles. The molecular weight excluding hydrogens is 332 g/mol. The molecule has 25 heavy (non-hydrogen) atoms. The smallest absolute Gasteiger partial charge is 0.196 e. The number of nitrogens with zero attached hydrogens (tertiary/aromatic N) is 4. The zero-order chi connectivity index (χ0) is 16.9. The summed E-state index contributed by atoms with van der Waals surface area (Å²) in [4.78, 5) is 4.22. The Morgan fingerprint density at radius 1 is 1.08 bits per heavy atom. The molecule has 3 heterocycles. The second-order valence-corrected chi connectivity index (χ2v) is 7.01. The molecule has 0 spiro atoms. The highest BCUT2D eigenvalue weighted by atomic mass is 32.2. The predicted molar refractivity (Wildman–Crippen MR) is 98.9 cm³/mol. The van der Waals surface area contributed by atoms with Gasteiger partial charge in [0.05, 0.1) is 6.10 Å². The van der Waals surface area contributed by atoms with Crippen molar-refractivity contribution in [3.05, 3.63) is 54.9 Å². The van der Waals surface area contributed by atoms with Gasteiger partial charge in [0.15, 0.2) is 11.0 Å². The normalized spacial score (nSPS) is 17.5. The van der Waals surface area contributed by atoms with Crippen LogP contribution in [0.3, 0.4) is 0 Å². The zero-order valence-corrected chi connectivity index (χ0v) is 14.7. The third-order valence-corrected chi connectivity index (χ3v) is 5.30. The van der Waals surface area contributed by atoms with Crippen molar-refractivity contribution in [2.45, 2.75) is 30.5 Å². The number of thioether (sulfide) groups is 1. The summed E-state index contributed by atoms with van der Waals surface area (Å²) in [5.41, 5.74) is 2.01. The molecule has 0 N–H and O–H groups in total. The maximum Gasteiger partial charge on any atom is 0.196 e. The molecule has 1 fully saturated rings. The number of hydrogen-bond donors (Lipinski definition) is 0. The van der Waals surface area contributed by atoms with Gasteiger partial charge in [-0.1, -0.05) is 30.0 Å². The monoisotopic (exact) mass is 352 g/mol. The lowest BCUT2D eigenvalue weighted by Crippen LogP contribution is -2.21. The SMILES string of the molecule is c1ccc(-n2c(SC[C@@H]3CCCCO3)nnc2-c2cccnc2)cc1. The summed E-state index contributed by atoms with van der Waals surface area (Å²) in [6.45, 7) is 0.873. The average molecular weight is 352 g/mol. The van der Waals surface area contributed by atoms with Gasteiger partial charge in [-0.25, -0.2) is 0 Å². The first-order valence-electron chi connectivity index (χ1n) is 8.57. The molecule has 1 aliphatic rings. The van der Waals surface area contributed by atoms with Crippen molar-refractivity contribution in [3.63, 3.8) is 0 Å². The molecule has 5 nitrogen and oxygen atoms in total. The number of ether oxygens (including phenoxy) is 1. The largest absolute Gasteiger partial charge is 0.377 e. The van der Waals surface area contributed by atoms with Gasteiger partial charge in [0.25, 0.3) is 0 Å². The van der Waals surface area contributed by atoms with Gasteiger partial charge in [-0.2, -0.15) is 0 Å². The Kier molecular flexibility index (Phi) is 5.09. The number of aromatic nitrogens is 4. The molecule has 128 valence electrons. The molecule has 0 aliphatic carbocycles. The minimum absolute atomic E-state index is 0.307. The van der Waals surface area contributed by atoms with E-state index >= 15 is 0 Å². The Morgan fingerprint density at radius 2 is 2.00 bits per heavy atom. The number of para-hydroxylation sites is 1. The Bertz CT molecular complexity index is 801. The van der Waals surface area contributed by atoms with E-state index in [9.17, 15) is 0 Å². The molecule has 6 heteroatoms. The second-order valence-electron chi connectivity index (χ2n) is 6.02. The summed E-state index contributed by atoms with van der Waals surface area (Å²) in [7, 11) is 0. The van der Waals surface area contributed by atoms with Gasteiger partial charge in [-0.15, -0.1) is 10.2 Å². The summed E-state index contributed by atoms with van der Waals surface area (Å²) in [5, 5.41) is 9.77. The van der Waals surface area contributed by atoms with Crippen LogP contribution in [0, 0.1) is 0 Å². The van der Waals surface area contributed by atoms with E-state index in [2.05, 4.69) is 31.9 Å². The summed E-state index contributed by atoms with van der Waals surface area (Å²) in [6.07, 6.45) is 7.44. The van der Waals surface area contributed by atoms with Crippen LogP contribution in [-0.2, 0) is 4.74 Å². The van der Waals surface area contributed by atoms with Crippen molar-refractivity contribution in [2.75, 3.05) is 12.4 Å². The van der Waals surface area contributed by atoms with Crippen molar-refractivity contribution in [1.29, 1.82) is 0 Å². The van der Waals surface area contributed by atoms with Crippen LogP contribution in [0.25, 0.3) is 17.1 Å². The van der Waals surface area contributed by atoms with Crippen molar-refractivity contribution in [1.82, 2.24) is 19.7 Å². The molecule has 0 bridgehead atoms. The van der Waals surface area contributed by atoms with Gasteiger partial charge in [-0.05, 0) is 43.5 Å². The highest BCUT2D eigenvalue weighted by Gasteiger charge is 2.19. The van der Waals surface area contributed by atoms with E-state index in [4.69, 9.17) is 4.74 Å². The number of rotatable bonds is 5. The first-order chi connectivity index (χ1) is 12.4. The molecule has 4 rings (SSSR count). The lowest BCUT2D eigenvalue weighted by molar-refractivity contribution is 0.0315. The summed E-state index contributed by atoms with van der Waals surface area (Å²) >= 11 is 1.71. The van der Waals surface area contributed by atoms with Crippen LogP contribution < -0.4 is 0 Å². The second kappa shape index (κ2) is 7.80. The molecule has 1 atom stereocenters. The number of hydrogen-bond acceptors (Lipinski definition) is 5. The lowest BCUT2D eigenvalue weighted by Gasteiger charge is -2.22. The van der Waals surface area contributed by atoms with E-state index in [-0.39, 0.29) is 0 Å². The predicted octanol–water partition coefficient (Wildman–Crippen LogP) is 3.99. The van der Waals surface area contributed by atoms with Crippen LogP contribution in [0.4, 0.5) is 0 Å².